The zero-order valence-corrected chi connectivity index (χ0v) is 15.5. The number of rotatable bonds is 2. The Hall–Kier alpha value is -0.585. The molecular formula is C17H27BClNO3. The van der Waals surface area contributed by atoms with E-state index in [0.717, 1.165) is 25.2 Å². The molecule has 0 N–H and O–H groups in total. The van der Waals surface area contributed by atoms with E-state index < -0.39 is 0 Å². The summed E-state index contributed by atoms with van der Waals surface area (Å²) in [6.45, 7) is 11.0. The summed E-state index contributed by atoms with van der Waals surface area (Å²) in [7, 11) is 1.82. The van der Waals surface area contributed by atoms with Gasteiger partial charge >= 0.3 is 7.12 Å². The topological polar surface area (TPSA) is 30.9 Å². The van der Waals surface area contributed by atoms with Crippen molar-refractivity contribution in [2.45, 2.75) is 45.0 Å². The second kappa shape index (κ2) is 6.73. The van der Waals surface area contributed by atoms with Crippen LogP contribution in [0.1, 0.15) is 39.4 Å². The van der Waals surface area contributed by atoms with Crippen LogP contribution in [0.15, 0.2) is 24.3 Å². The minimum absolute atomic E-state index is 0. The average Bonchev–Trinajstić information content (AvgIpc) is 2.68. The molecule has 2 fully saturated rings. The van der Waals surface area contributed by atoms with Gasteiger partial charge < -0.3 is 18.9 Å². The molecule has 0 saturated carbocycles. The first-order chi connectivity index (χ1) is 10.3. The lowest BCUT2D eigenvalue weighted by atomic mass is 9.78. The molecule has 0 radical (unpaired) electrons. The maximum Gasteiger partial charge on any atom is 0.494 e. The highest BCUT2D eigenvalue weighted by molar-refractivity contribution is 6.62. The van der Waals surface area contributed by atoms with Gasteiger partial charge in [-0.05, 0) is 45.8 Å². The van der Waals surface area contributed by atoms with Crippen LogP contribution in [0.4, 0.5) is 0 Å². The Bertz CT molecular complexity index is 536. The summed E-state index contributed by atoms with van der Waals surface area (Å²) >= 11 is 0. The van der Waals surface area contributed by atoms with Gasteiger partial charge in [-0.15, -0.1) is 12.4 Å². The number of hydrogen-bond donors (Lipinski definition) is 0. The van der Waals surface area contributed by atoms with Crippen LogP contribution in [0, 0.1) is 0 Å². The molecule has 2 heterocycles. The van der Waals surface area contributed by atoms with E-state index in [1.54, 1.807) is 0 Å². The fourth-order valence-electron chi connectivity index (χ4n) is 2.86. The number of likely N-dealkylation sites (N-methyl/N-ethyl adjacent to an activating group) is 1. The summed E-state index contributed by atoms with van der Waals surface area (Å²) in [5, 5.41) is 0. The van der Waals surface area contributed by atoms with Crippen LogP contribution < -0.4 is 5.46 Å². The second-order valence-electron chi connectivity index (χ2n) is 7.38. The van der Waals surface area contributed by atoms with E-state index in [9.17, 15) is 0 Å². The van der Waals surface area contributed by atoms with Crippen molar-refractivity contribution in [3.05, 3.63) is 29.8 Å². The number of hydrogen-bond acceptors (Lipinski definition) is 4. The molecule has 3 rings (SSSR count). The highest BCUT2D eigenvalue weighted by Gasteiger charge is 2.51. The van der Waals surface area contributed by atoms with E-state index in [1.807, 2.05) is 0 Å². The minimum Gasteiger partial charge on any atom is -0.399 e. The SMILES string of the molecule is CN1CCOC(c2cccc(B3OC(C)(C)C(C)(C)O3)c2)C1.Cl. The van der Waals surface area contributed by atoms with E-state index in [1.165, 1.54) is 5.56 Å². The highest BCUT2D eigenvalue weighted by atomic mass is 35.5. The standard InChI is InChI=1S/C17H26BNO3.ClH/c1-16(2)17(3,4)22-18(21-16)14-8-6-7-13(11-14)15-12-19(5)9-10-20-15;/h6-8,11,15H,9-10,12H2,1-5H3;1H. The summed E-state index contributed by atoms with van der Waals surface area (Å²) in [6, 6.07) is 8.41. The molecule has 0 aromatic heterocycles. The van der Waals surface area contributed by atoms with Gasteiger partial charge in [0.05, 0.1) is 23.9 Å². The van der Waals surface area contributed by atoms with Gasteiger partial charge in [-0.25, -0.2) is 0 Å². The van der Waals surface area contributed by atoms with E-state index >= 15 is 0 Å². The van der Waals surface area contributed by atoms with Gasteiger partial charge in [-0.2, -0.15) is 0 Å². The smallest absolute Gasteiger partial charge is 0.399 e. The zero-order chi connectivity index (χ0) is 16.0. The summed E-state index contributed by atoms with van der Waals surface area (Å²) in [5.41, 5.74) is 1.64. The molecule has 2 aliphatic rings. The van der Waals surface area contributed by atoms with Crippen LogP contribution >= 0.6 is 12.4 Å². The summed E-state index contributed by atoms with van der Waals surface area (Å²) in [6.07, 6.45) is 0.126. The summed E-state index contributed by atoms with van der Waals surface area (Å²) < 4.78 is 18.2. The normalized spacial score (nSPS) is 26.8. The predicted octanol–water partition coefficient (Wildman–Crippen LogP) is 2.41. The molecule has 23 heavy (non-hydrogen) atoms. The van der Waals surface area contributed by atoms with Gasteiger partial charge in [-0.3, -0.25) is 0 Å². The number of halogens is 1. The van der Waals surface area contributed by atoms with Crippen molar-refractivity contribution < 1.29 is 14.0 Å². The Morgan fingerprint density at radius 2 is 1.78 bits per heavy atom. The van der Waals surface area contributed by atoms with E-state index in [4.69, 9.17) is 14.0 Å². The molecule has 1 aromatic carbocycles. The molecule has 1 unspecified atom stereocenters. The van der Waals surface area contributed by atoms with E-state index in [0.29, 0.717) is 0 Å². The van der Waals surface area contributed by atoms with Crippen molar-refractivity contribution in [1.82, 2.24) is 4.90 Å². The Morgan fingerprint density at radius 3 is 2.39 bits per heavy atom. The monoisotopic (exact) mass is 339 g/mol. The number of ether oxygens (including phenoxy) is 1. The van der Waals surface area contributed by atoms with Gasteiger partial charge in [0.1, 0.15) is 0 Å². The largest absolute Gasteiger partial charge is 0.494 e. The Labute approximate surface area is 146 Å². The molecule has 4 nitrogen and oxygen atoms in total. The van der Waals surface area contributed by atoms with Crippen LogP contribution in [0.2, 0.25) is 0 Å². The maximum absolute atomic E-state index is 6.14. The molecule has 0 amide bonds. The summed E-state index contributed by atoms with van der Waals surface area (Å²) in [4.78, 5) is 2.30. The van der Waals surface area contributed by atoms with Gasteiger partial charge in [0.25, 0.3) is 0 Å². The van der Waals surface area contributed by atoms with Gasteiger partial charge in [0.2, 0.25) is 0 Å². The Balaban J connectivity index is 0.00000192. The van der Waals surface area contributed by atoms with Crippen LogP contribution in [0.5, 0.6) is 0 Å². The minimum atomic E-state index is -0.314. The fourth-order valence-corrected chi connectivity index (χ4v) is 2.86. The van der Waals surface area contributed by atoms with Crippen LogP contribution in [-0.2, 0) is 14.0 Å². The zero-order valence-electron chi connectivity index (χ0n) is 14.7. The van der Waals surface area contributed by atoms with E-state index in [2.05, 4.69) is 63.9 Å². The molecule has 2 aliphatic heterocycles. The predicted molar refractivity (Wildman–Crippen MR) is 95.6 cm³/mol. The third-order valence-corrected chi connectivity index (χ3v) is 5.08. The third kappa shape index (κ3) is 3.75. The van der Waals surface area contributed by atoms with Gasteiger partial charge in [0, 0.05) is 13.1 Å². The highest BCUT2D eigenvalue weighted by Crippen LogP contribution is 2.36. The number of benzene rings is 1. The van der Waals surface area contributed by atoms with Crippen LogP contribution in [0.25, 0.3) is 0 Å². The lowest BCUT2D eigenvalue weighted by Gasteiger charge is -2.32. The van der Waals surface area contributed by atoms with Gasteiger partial charge in [0.15, 0.2) is 0 Å². The van der Waals surface area contributed by atoms with Crippen molar-refractivity contribution in [2.75, 3.05) is 26.7 Å². The molecule has 0 aliphatic carbocycles. The number of morpholine rings is 1. The van der Waals surface area contributed by atoms with Crippen molar-refractivity contribution in [2.24, 2.45) is 0 Å². The van der Waals surface area contributed by atoms with Crippen LogP contribution in [0.3, 0.4) is 0 Å². The van der Waals surface area contributed by atoms with Crippen molar-refractivity contribution >= 4 is 25.0 Å². The van der Waals surface area contributed by atoms with Crippen molar-refractivity contribution in [3.8, 4) is 0 Å². The maximum atomic E-state index is 6.14. The number of nitrogens with zero attached hydrogens (tertiary/aromatic N) is 1. The Morgan fingerprint density at radius 1 is 1.13 bits per heavy atom. The van der Waals surface area contributed by atoms with Crippen molar-refractivity contribution in [3.63, 3.8) is 0 Å². The Kier molecular flexibility index (Phi) is 5.49. The second-order valence-corrected chi connectivity index (χ2v) is 7.38. The lowest BCUT2D eigenvalue weighted by Crippen LogP contribution is -2.41. The first-order valence-corrected chi connectivity index (χ1v) is 8.04. The summed E-state index contributed by atoms with van der Waals surface area (Å²) in [5.74, 6) is 0. The molecule has 1 aromatic rings. The van der Waals surface area contributed by atoms with Crippen LogP contribution in [-0.4, -0.2) is 50.0 Å². The fraction of sp³-hybridized carbons (Fsp3) is 0.647. The lowest BCUT2D eigenvalue weighted by molar-refractivity contribution is -0.0208. The molecule has 0 bridgehead atoms. The molecule has 2 saturated heterocycles. The van der Waals surface area contributed by atoms with E-state index in [-0.39, 0.29) is 36.8 Å². The molecule has 6 heteroatoms. The van der Waals surface area contributed by atoms with Crippen molar-refractivity contribution in [1.29, 1.82) is 0 Å². The molecule has 128 valence electrons. The third-order valence-electron chi connectivity index (χ3n) is 5.08. The quantitative estimate of drug-likeness (QED) is 0.774. The first kappa shape index (κ1) is 18.7. The average molecular weight is 340 g/mol. The molecular weight excluding hydrogens is 312 g/mol. The molecule has 0 spiro atoms. The molecule has 1 atom stereocenters. The van der Waals surface area contributed by atoms with Gasteiger partial charge in [-0.1, -0.05) is 24.3 Å². The first-order valence-electron chi connectivity index (χ1n) is 8.04.